The van der Waals surface area contributed by atoms with Crippen LogP contribution >= 0.6 is 0 Å². The second kappa shape index (κ2) is 4.51. The minimum atomic E-state index is -4.08. The molecule has 0 amide bonds. The Balaban J connectivity index is 2.31. The lowest BCUT2D eigenvalue weighted by molar-refractivity contribution is -0.127. The first kappa shape index (κ1) is 11.8. The summed E-state index contributed by atoms with van der Waals surface area (Å²) in [5.74, 6) is 1.02. The van der Waals surface area contributed by atoms with Crippen molar-refractivity contribution in [2.45, 2.75) is 45.3 Å². The minimum Gasteiger partial charge on any atom is -0.306 e. The molecule has 1 saturated carbocycles. The van der Waals surface area contributed by atoms with E-state index in [0.717, 1.165) is 19.3 Å². The van der Waals surface area contributed by atoms with Crippen LogP contribution in [-0.2, 0) is 0 Å². The Bertz CT molecular complexity index is 179. The summed E-state index contributed by atoms with van der Waals surface area (Å²) in [4.78, 5) is 0. The van der Waals surface area contributed by atoms with Crippen LogP contribution in [0.4, 0.5) is 13.2 Å². The average molecular weight is 209 g/mol. The summed E-state index contributed by atoms with van der Waals surface area (Å²) in [6, 6.07) is 0.0489. The summed E-state index contributed by atoms with van der Waals surface area (Å²) in [6.45, 7) is 3.34. The van der Waals surface area contributed by atoms with Gasteiger partial charge in [0.25, 0.3) is 0 Å². The van der Waals surface area contributed by atoms with Gasteiger partial charge in [-0.15, -0.1) is 0 Å². The number of hydrogen-bond donors (Lipinski definition) is 1. The first-order valence-corrected chi connectivity index (χ1v) is 5.18. The third-order valence-corrected chi connectivity index (χ3v) is 3.00. The minimum absolute atomic E-state index is 0.0489. The summed E-state index contributed by atoms with van der Waals surface area (Å²) in [5.41, 5.74) is 0. The smallest absolute Gasteiger partial charge is 0.306 e. The van der Waals surface area contributed by atoms with Crippen LogP contribution in [0.3, 0.4) is 0 Å². The SMILES string of the molecule is CC1CCC(NCC(F)(F)F)C(C)C1. The van der Waals surface area contributed by atoms with E-state index in [1.165, 1.54) is 0 Å². The van der Waals surface area contributed by atoms with E-state index in [1.54, 1.807) is 0 Å². The molecule has 84 valence electrons. The van der Waals surface area contributed by atoms with Crippen LogP contribution < -0.4 is 5.32 Å². The highest BCUT2D eigenvalue weighted by atomic mass is 19.4. The quantitative estimate of drug-likeness (QED) is 0.737. The van der Waals surface area contributed by atoms with Gasteiger partial charge in [-0.05, 0) is 31.1 Å². The number of alkyl halides is 3. The fourth-order valence-corrected chi connectivity index (χ4v) is 2.22. The molecule has 0 aromatic carbocycles. The van der Waals surface area contributed by atoms with E-state index in [-0.39, 0.29) is 6.04 Å². The summed E-state index contributed by atoms with van der Waals surface area (Å²) in [5, 5.41) is 2.61. The van der Waals surface area contributed by atoms with Crippen molar-refractivity contribution >= 4 is 0 Å². The van der Waals surface area contributed by atoms with E-state index in [9.17, 15) is 13.2 Å². The Morgan fingerprint density at radius 2 is 1.86 bits per heavy atom. The van der Waals surface area contributed by atoms with E-state index in [1.807, 2.05) is 6.92 Å². The van der Waals surface area contributed by atoms with E-state index < -0.39 is 12.7 Å². The molecule has 3 atom stereocenters. The second-order valence-electron chi connectivity index (χ2n) is 4.50. The molecule has 0 spiro atoms. The van der Waals surface area contributed by atoms with Gasteiger partial charge in [0.15, 0.2) is 0 Å². The molecule has 0 heterocycles. The van der Waals surface area contributed by atoms with Gasteiger partial charge in [-0.1, -0.05) is 13.8 Å². The number of halogens is 3. The predicted molar refractivity (Wildman–Crippen MR) is 50.0 cm³/mol. The van der Waals surface area contributed by atoms with Crippen LogP contribution in [0.1, 0.15) is 33.1 Å². The van der Waals surface area contributed by atoms with Crippen molar-refractivity contribution in [3.05, 3.63) is 0 Å². The normalized spacial score (nSPS) is 34.5. The monoisotopic (exact) mass is 209 g/mol. The van der Waals surface area contributed by atoms with Crippen molar-refractivity contribution in [1.82, 2.24) is 5.32 Å². The molecular formula is C10H18F3N. The molecule has 1 fully saturated rings. The van der Waals surface area contributed by atoms with Gasteiger partial charge in [-0.25, -0.2) is 0 Å². The lowest BCUT2D eigenvalue weighted by Gasteiger charge is -2.33. The standard InChI is InChI=1S/C10H18F3N/c1-7-3-4-9(8(2)5-7)14-6-10(11,12)13/h7-9,14H,3-6H2,1-2H3. The summed E-state index contributed by atoms with van der Waals surface area (Å²) in [7, 11) is 0. The number of nitrogens with one attached hydrogen (secondary N) is 1. The zero-order valence-electron chi connectivity index (χ0n) is 8.69. The van der Waals surface area contributed by atoms with Crippen molar-refractivity contribution in [3.8, 4) is 0 Å². The molecular weight excluding hydrogens is 191 g/mol. The van der Waals surface area contributed by atoms with Gasteiger partial charge in [0.05, 0.1) is 6.54 Å². The molecule has 0 aliphatic heterocycles. The third-order valence-electron chi connectivity index (χ3n) is 3.00. The maximum absolute atomic E-state index is 12.0. The van der Waals surface area contributed by atoms with Crippen molar-refractivity contribution in [2.75, 3.05) is 6.54 Å². The third kappa shape index (κ3) is 3.86. The van der Waals surface area contributed by atoms with Crippen LogP contribution in [0.25, 0.3) is 0 Å². The maximum atomic E-state index is 12.0. The van der Waals surface area contributed by atoms with E-state index in [0.29, 0.717) is 11.8 Å². The molecule has 1 aliphatic carbocycles. The molecule has 1 N–H and O–H groups in total. The maximum Gasteiger partial charge on any atom is 0.401 e. The van der Waals surface area contributed by atoms with Crippen LogP contribution in [0.15, 0.2) is 0 Å². The van der Waals surface area contributed by atoms with Gasteiger partial charge in [0.1, 0.15) is 0 Å². The molecule has 3 unspecified atom stereocenters. The Labute approximate surface area is 83.1 Å². The Hall–Kier alpha value is -0.250. The first-order valence-electron chi connectivity index (χ1n) is 5.18. The zero-order chi connectivity index (χ0) is 10.8. The number of rotatable bonds is 2. The van der Waals surface area contributed by atoms with Crippen molar-refractivity contribution in [2.24, 2.45) is 11.8 Å². The Kier molecular flexibility index (Phi) is 3.81. The lowest BCUT2D eigenvalue weighted by Crippen LogP contribution is -2.43. The van der Waals surface area contributed by atoms with E-state index in [4.69, 9.17) is 0 Å². The van der Waals surface area contributed by atoms with Gasteiger partial charge in [0.2, 0.25) is 0 Å². The molecule has 0 radical (unpaired) electrons. The first-order chi connectivity index (χ1) is 6.38. The molecule has 4 heteroatoms. The molecule has 0 aromatic heterocycles. The zero-order valence-corrected chi connectivity index (χ0v) is 8.69. The van der Waals surface area contributed by atoms with Crippen LogP contribution in [0.2, 0.25) is 0 Å². The highest BCUT2D eigenvalue weighted by Gasteiger charge is 2.31. The van der Waals surface area contributed by atoms with Gasteiger partial charge in [-0.3, -0.25) is 0 Å². The largest absolute Gasteiger partial charge is 0.401 e. The van der Waals surface area contributed by atoms with Gasteiger partial charge in [0, 0.05) is 6.04 Å². The summed E-state index contributed by atoms with van der Waals surface area (Å²) >= 11 is 0. The highest BCUT2D eigenvalue weighted by molar-refractivity contribution is 4.81. The predicted octanol–water partition coefficient (Wildman–Crippen LogP) is 2.96. The molecule has 1 aliphatic rings. The Morgan fingerprint density at radius 3 is 2.36 bits per heavy atom. The van der Waals surface area contributed by atoms with Crippen molar-refractivity contribution in [1.29, 1.82) is 0 Å². The average Bonchev–Trinajstić information content (AvgIpc) is 2.00. The highest BCUT2D eigenvalue weighted by Crippen LogP contribution is 2.29. The van der Waals surface area contributed by atoms with Gasteiger partial charge >= 0.3 is 6.18 Å². The second-order valence-corrected chi connectivity index (χ2v) is 4.50. The fraction of sp³-hybridized carbons (Fsp3) is 1.00. The van der Waals surface area contributed by atoms with Crippen molar-refractivity contribution in [3.63, 3.8) is 0 Å². The molecule has 1 rings (SSSR count). The fourth-order valence-electron chi connectivity index (χ4n) is 2.22. The van der Waals surface area contributed by atoms with Crippen LogP contribution in [0, 0.1) is 11.8 Å². The summed E-state index contributed by atoms with van der Waals surface area (Å²) < 4.78 is 35.9. The topological polar surface area (TPSA) is 12.0 Å². The Morgan fingerprint density at radius 1 is 1.21 bits per heavy atom. The van der Waals surface area contributed by atoms with Crippen LogP contribution in [-0.4, -0.2) is 18.8 Å². The molecule has 1 nitrogen and oxygen atoms in total. The molecule has 0 aromatic rings. The van der Waals surface area contributed by atoms with Crippen molar-refractivity contribution < 1.29 is 13.2 Å². The summed E-state index contributed by atoms with van der Waals surface area (Å²) in [6.07, 6.45) is -1.13. The van der Waals surface area contributed by atoms with Crippen LogP contribution in [0.5, 0.6) is 0 Å². The molecule has 0 bridgehead atoms. The lowest BCUT2D eigenvalue weighted by atomic mass is 9.80. The van der Waals surface area contributed by atoms with Gasteiger partial charge < -0.3 is 5.32 Å². The van der Waals surface area contributed by atoms with E-state index >= 15 is 0 Å². The van der Waals surface area contributed by atoms with Gasteiger partial charge in [-0.2, -0.15) is 13.2 Å². The number of hydrogen-bond acceptors (Lipinski definition) is 1. The molecule has 0 saturated heterocycles. The molecule has 14 heavy (non-hydrogen) atoms. The van der Waals surface area contributed by atoms with E-state index in [2.05, 4.69) is 12.2 Å².